The molecule has 0 aromatic heterocycles. The minimum absolute atomic E-state index is 0.0116. The van der Waals surface area contributed by atoms with Crippen molar-refractivity contribution < 1.29 is 13.2 Å². The van der Waals surface area contributed by atoms with Gasteiger partial charge in [-0.2, -0.15) is 0 Å². The van der Waals surface area contributed by atoms with E-state index in [1.165, 1.54) is 19.1 Å². The number of hydrogen-bond donors (Lipinski definition) is 3. The average molecular weight is 422 g/mol. The van der Waals surface area contributed by atoms with Crippen molar-refractivity contribution in [2.45, 2.75) is 49.6 Å². The van der Waals surface area contributed by atoms with Crippen LogP contribution in [0.5, 0.6) is 0 Å². The second kappa shape index (κ2) is 8.94. The number of benzene rings is 2. The van der Waals surface area contributed by atoms with Crippen LogP contribution in [-0.4, -0.2) is 26.4 Å². The van der Waals surface area contributed by atoms with Crippen molar-refractivity contribution in [2.75, 3.05) is 10.6 Å². The van der Waals surface area contributed by atoms with E-state index in [0.717, 1.165) is 37.1 Å². The first-order chi connectivity index (χ1) is 13.3. The predicted octanol–water partition coefficient (Wildman–Crippen LogP) is 4.00. The summed E-state index contributed by atoms with van der Waals surface area (Å²) in [7, 11) is -3.62. The third-order valence-corrected chi connectivity index (χ3v) is 6.51. The number of hydrogen-bond acceptors (Lipinski definition) is 4. The molecule has 2 unspecified atom stereocenters. The van der Waals surface area contributed by atoms with Crippen molar-refractivity contribution >= 4 is 38.9 Å². The fraction of sp³-hybridized carbons (Fsp3) is 0.350. The normalized spacial score (nSPS) is 19.8. The van der Waals surface area contributed by atoms with Crippen LogP contribution >= 0.6 is 11.6 Å². The quantitative estimate of drug-likeness (QED) is 0.657. The van der Waals surface area contributed by atoms with Crippen molar-refractivity contribution in [1.29, 1.82) is 0 Å². The predicted molar refractivity (Wildman–Crippen MR) is 112 cm³/mol. The van der Waals surface area contributed by atoms with Crippen LogP contribution in [0, 0.1) is 0 Å². The molecule has 1 amide bonds. The zero-order valence-corrected chi connectivity index (χ0v) is 17.2. The first-order valence-electron chi connectivity index (χ1n) is 9.25. The highest BCUT2D eigenvalue weighted by atomic mass is 35.5. The first kappa shape index (κ1) is 20.6. The fourth-order valence-corrected chi connectivity index (χ4v) is 4.83. The van der Waals surface area contributed by atoms with Crippen LogP contribution in [0.25, 0.3) is 0 Å². The second-order valence-corrected chi connectivity index (χ2v) is 9.13. The molecule has 150 valence electrons. The SMILES string of the molecule is CC(=O)Nc1ccc(NC2CCCCC2NS(=O)(=O)c2ccc(Cl)cc2)cc1. The van der Waals surface area contributed by atoms with Crippen LogP contribution in [0.15, 0.2) is 53.4 Å². The zero-order valence-electron chi connectivity index (χ0n) is 15.6. The maximum atomic E-state index is 12.7. The summed E-state index contributed by atoms with van der Waals surface area (Å²) < 4.78 is 28.3. The van der Waals surface area contributed by atoms with Gasteiger partial charge in [-0.25, -0.2) is 13.1 Å². The Labute approximate surface area is 170 Å². The van der Waals surface area contributed by atoms with Crippen molar-refractivity contribution in [1.82, 2.24) is 4.72 Å². The molecule has 0 heterocycles. The van der Waals surface area contributed by atoms with Crippen LogP contribution in [0.1, 0.15) is 32.6 Å². The molecule has 1 aliphatic rings. The molecule has 2 atom stereocenters. The number of sulfonamides is 1. The summed E-state index contributed by atoms with van der Waals surface area (Å²) in [6.07, 6.45) is 3.67. The van der Waals surface area contributed by atoms with Crippen LogP contribution in [0.2, 0.25) is 5.02 Å². The van der Waals surface area contributed by atoms with Gasteiger partial charge in [-0.05, 0) is 61.4 Å². The molecule has 28 heavy (non-hydrogen) atoms. The summed E-state index contributed by atoms with van der Waals surface area (Å²) >= 11 is 5.86. The van der Waals surface area contributed by atoms with Gasteiger partial charge in [0.1, 0.15) is 0 Å². The molecule has 2 aromatic carbocycles. The molecule has 0 bridgehead atoms. The van der Waals surface area contributed by atoms with E-state index in [-0.39, 0.29) is 22.9 Å². The van der Waals surface area contributed by atoms with Crippen LogP contribution in [-0.2, 0) is 14.8 Å². The number of carbonyl (C=O) groups excluding carboxylic acids is 1. The smallest absolute Gasteiger partial charge is 0.240 e. The standard InChI is InChI=1S/C20H24ClN3O3S/c1-14(25)22-16-8-10-17(11-9-16)23-19-4-2-3-5-20(19)24-28(26,27)18-12-6-15(21)7-13-18/h6-13,19-20,23-24H,2-5H2,1H3,(H,22,25). The maximum Gasteiger partial charge on any atom is 0.240 e. The topological polar surface area (TPSA) is 87.3 Å². The lowest BCUT2D eigenvalue weighted by Crippen LogP contribution is -2.48. The molecular weight excluding hydrogens is 398 g/mol. The summed E-state index contributed by atoms with van der Waals surface area (Å²) in [5, 5.41) is 6.66. The molecule has 6 nitrogen and oxygen atoms in total. The summed E-state index contributed by atoms with van der Waals surface area (Å²) in [4.78, 5) is 11.3. The van der Waals surface area contributed by atoms with Crippen molar-refractivity contribution in [2.24, 2.45) is 0 Å². The highest BCUT2D eigenvalue weighted by Crippen LogP contribution is 2.25. The van der Waals surface area contributed by atoms with Gasteiger partial charge in [0, 0.05) is 35.4 Å². The largest absolute Gasteiger partial charge is 0.381 e. The van der Waals surface area contributed by atoms with E-state index >= 15 is 0 Å². The lowest BCUT2D eigenvalue weighted by molar-refractivity contribution is -0.114. The molecule has 0 aliphatic heterocycles. The Balaban J connectivity index is 1.70. The Morgan fingerprint density at radius 1 is 0.929 bits per heavy atom. The molecule has 1 aliphatic carbocycles. The highest BCUT2D eigenvalue weighted by molar-refractivity contribution is 7.89. The summed E-state index contributed by atoms with van der Waals surface area (Å²) in [6.45, 7) is 1.46. The van der Waals surface area contributed by atoms with E-state index in [1.807, 2.05) is 24.3 Å². The second-order valence-electron chi connectivity index (χ2n) is 6.98. The molecule has 2 aromatic rings. The summed E-state index contributed by atoms with van der Waals surface area (Å²) in [5.41, 5.74) is 1.61. The van der Waals surface area contributed by atoms with Crippen molar-refractivity contribution in [3.05, 3.63) is 53.6 Å². The Morgan fingerprint density at radius 3 is 2.11 bits per heavy atom. The molecule has 0 saturated heterocycles. The van der Waals surface area contributed by atoms with Gasteiger partial charge in [0.05, 0.1) is 4.90 Å². The Hall–Kier alpha value is -2.09. The molecule has 8 heteroatoms. The number of carbonyl (C=O) groups is 1. The maximum absolute atomic E-state index is 12.7. The van der Waals surface area contributed by atoms with Gasteiger partial charge in [0.25, 0.3) is 0 Å². The highest BCUT2D eigenvalue weighted by Gasteiger charge is 2.29. The zero-order chi connectivity index (χ0) is 20.1. The molecule has 0 radical (unpaired) electrons. The fourth-order valence-electron chi connectivity index (χ4n) is 3.39. The van der Waals surface area contributed by atoms with Crippen LogP contribution < -0.4 is 15.4 Å². The average Bonchev–Trinajstić information content (AvgIpc) is 2.65. The molecule has 3 rings (SSSR count). The van der Waals surface area contributed by atoms with Gasteiger partial charge in [0.2, 0.25) is 15.9 Å². The van der Waals surface area contributed by atoms with Gasteiger partial charge in [0.15, 0.2) is 0 Å². The van der Waals surface area contributed by atoms with Gasteiger partial charge in [-0.3, -0.25) is 4.79 Å². The Morgan fingerprint density at radius 2 is 1.50 bits per heavy atom. The molecule has 0 spiro atoms. The first-order valence-corrected chi connectivity index (χ1v) is 11.1. The van der Waals surface area contributed by atoms with Crippen molar-refractivity contribution in [3.8, 4) is 0 Å². The van der Waals surface area contributed by atoms with E-state index in [9.17, 15) is 13.2 Å². The van der Waals surface area contributed by atoms with E-state index < -0.39 is 10.0 Å². The van der Waals surface area contributed by atoms with Crippen molar-refractivity contribution in [3.63, 3.8) is 0 Å². The number of rotatable bonds is 6. The van der Waals surface area contributed by atoms with E-state index in [2.05, 4.69) is 15.4 Å². The number of halogens is 1. The number of nitrogens with one attached hydrogen (secondary N) is 3. The third kappa shape index (κ3) is 5.47. The Kier molecular flexibility index (Phi) is 6.59. The minimum atomic E-state index is -3.62. The summed E-state index contributed by atoms with van der Waals surface area (Å²) in [6, 6.07) is 13.3. The third-order valence-electron chi connectivity index (χ3n) is 4.75. The monoisotopic (exact) mass is 421 g/mol. The number of amides is 1. The molecule has 3 N–H and O–H groups in total. The lowest BCUT2D eigenvalue weighted by atomic mass is 9.91. The van der Waals surface area contributed by atoms with E-state index in [4.69, 9.17) is 11.6 Å². The molecule has 1 saturated carbocycles. The molecule has 1 fully saturated rings. The Bertz CT molecular complexity index is 915. The minimum Gasteiger partial charge on any atom is -0.381 e. The van der Waals surface area contributed by atoms with E-state index in [0.29, 0.717) is 5.02 Å². The summed E-state index contributed by atoms with van der Waals surface area (Å²) in [5.74, 6) is -0.121. The number of anilines is 2. The van der Waals surface area contributed by atoms with Gasteiger partial charge >= 0.3 is 0 Å². The molecular formula is C20H24ClN3O3S. The lowest BCUT2D eigenvalue weighted by Gasteiger charge is -2.33. The van der Waals surface area contributed by atoms with Gasteiger partial charge in [-0.15, -0.1) is 0 Å². The van der Waals surface area contributed by atoms with Gasteiger partial charge < -0.3 is 10.6 Å². The van der Waals surface area contributed by atoms with Crippen LogP contribution in [0.4, 0.5) is 11.4 Å². The van der Waals surface area contributed by atoms with Gasteiger partial charge in [-0.1, -0.05) is 24.4 Å². The van der Waals surface area contributed by atoms with E-state index in [1.54, 1.807) is 12.1 Å². The van der Waals surface area contributed by atoms with Crippen LogP contribution in [0.3, 0.4) is 0 Å².